The Morgan fingerprint density at radius 1 is 1.17 bits per heavy atom. The molecule has 1 amide bonds. The number of thioether (sulfide) groups is 1. The number of carbonyl (C=O) groups is 1. The number of hydrogen-bond donors (Lipinski definition) is 0. The van der Waals surface area contributed by atoms with Crippen molar-refractivity contribution in [2.45, 2.75) is 17.6 Å². The average Bonchev–Trinajstić information content (AvgIpc) is 3.39. The molecule has 2 aromatic carbocycles. The van der Waals surface area contributed by atoms with Crippen LogP contribution in [0.4, 0.5) is 18.3 Å². The first-order valence-corrected chi connectivity index (χ1v) is 10.9. The smallest absolute Gasteiger partial charge is 0.416 e. The molecule has 0 atom stereocenters. The molecule has 30 heavy (non-hydrogen) atoms. The van der Waals surface area contributed by atoms with Gasteiger partial charge in [-0.05, 0) is 54.8 Å². The Hall–Kier alpha value is -2.78. The molecule has 0 unspecified atom stereocenters. The van der Waals surface area contributed by atoms with Crippen LogP contribution in [0.2, 0.25) is 0 Å². The molecule has 0 spiro atoms. The molecular formula is C21H15F3N2O2S2. The quantitative estimate of drug-likeness (QED) is 0.328. The lowest BCUT2D eigenvalue weighted by Gasteiger charge is -2.19. The normalized spacial score (nSPS) is 11.7. The van der Waals surface area contributed by atoms with E-state index in [-0.39, 0.29) is 12.1 Å². The van der Waals surface area contributed by atoms with Crippen LogP contribution in [0.25, 0.3) is 10.2 Å². The Morgan fingerprint density at radius 3 is 2.70 bits per heavy atom. The second kappa shape index (κ2) is 8.16. The Morgan fingerprint density at radius 2 is 2.00 bits per heavy atom. The van der Waals surface area contributed by atoms with Crippen LogP contribution < -0.4 is 4.90 Å². The molecule has 0 saturated heterocycles. The number of amides is 1. The molecule has 4 nitrogen and oxygen atoms in total. The Labute approximate surface area is 178 Å². The molecule has 9 heteroatoms. The second-order valence-electron chi connectivity index (χ2n) is 6.38. The number of hydrogen-bond acceptors (Lipinski definition) is 5. The molecule has 0 aliphatic rings. The number of halogens is 3. The van der Waals surface area contributed by atoms with E-state index < -0.39 is 17.6 Å². The Bertz CT molecular complexity index is 1190. The van der Waals surface area contributed by atoms with E-state index in [2.05, 4.69) is 4.98 Å². The number of rotatable bonds is 5. The minimum absolute atomic E-state index is 0.0529. The van der Waals surface area contributed by atoms with Gasteiger partial charge in [0, 0.05) is 10.5 Å². The van der Waals surface area contributed by atoms with Gasteiger partial charge in [0.05, 0.1) is 28.6 Å². The number of aromatic nitrogens is 1. The van der Waals surface area contributed by atoms with Gasteiger partial charge in [-0.15, -0.1) is 11.8 Å². The molecular weight excluding hydrogens is 433 g/mol. The minimum atomic E-state index is -4.54. The van der Waals surface area contributed by atoms with Gasteiger partial charge in [0.1, 0.15) is 5.76 Å². The first kappa shape index (κ1) is 20.5. The average molecular weight is 448 g/mol. The summed E-state index contributed by atoms with van der Waals surface area (Å²) in [5.74, 6) is -0.0824. The van der Waals surface area contributed by atoms with E-state index in [0.717, 1.165) is 21.7 Å². The van der Waals surface area contributed by atoms with Crippen molar-refractivity contribution in [3.63, 3.8) is 0 Å². The highest BCUT2D eigenvalue weighted by atomic mass is 32.2. The van der Waals surface area contributed by atoms with Crippen molar-refractivity contribution < 1.29 is 22.4 Å². The zero-order chi connectivity index (χ0) is 21.3. The summed E-state index contributed by atoms with van der Waals surface area (Å²) in [5, 5.41) is 0.391. The Balaban J connectivity index is 1.76. The molecule has 0 aliphatic heterocycles. The first-order chi connectivity index (χ1) is 14.3. The third kappa shape index (κ3) is 4.22. The number of benzene rings is 2. The largest absolute Gasteiger partial charge is 0.467 e. The maximum absolute atomic E-state index is 13.2. The Kier molecular flexibility index (Phi) is 5.57. The summed E-state index contributed by atoms with van der Waals surface area (Å²) in [4.78, 5) is 20.2. The van der Waals surface area contributed by atoms with Crippen LogP contribution in [0.3, 0.4) is 0 Å². The van der Waals surface area contributed by atoms with Gasteiger partial charge in [0.15, 0.2) is 5.13 Å². The van der Waals surface area contributed by atoms with Crippen molar-refractivity contribution in [3.05, 3.63) is 77.7 Å². The summed E-state index contributed by atoms with van der Waals surface area (Å²) in [6.07, 6.45) is -1.10. The van der Waals surface area contributed by atoms with Crippen molar-refractivity contribution in [1.29, 1.82) is 0 Å². The lowest BCUT2D eigenvalue weighted by atomic mass is 10.1. The molecule has 4 aromatic rings. The van der Waals surface area contributed by atoms with E-state index in [1.165, 1.54) is 34.6 Å². The first-order valence-electron chi connectivity index (χ1n) is 8.81. The number of furan rings is 1. The van der Waals surface area contributed by atoms with E-state index in [1.54, 1.807) is 23.9 Å². The highest BCUT2D eigenvalue weighted by Gasteiger charge is 2.32. The monoisotopic (exact) mass is 448 g/mol. The number of alkyl halides is 3. The highest BCUT2D eigenvalue weighted by molar-refractivity contribution is 7.98. The summed E-state index contributed by atoms with van der Waals surface area (Å²) in [6.45, 7) is 0.0529. The van der Waals surface area contributed by atoms with Gasteiger partial charge in [0.25, 0.3) is 5.91 Å². The third-order valence-corrected chi connectivity index (χ3v) is 6.16. The van der Waals surface area contributed by atoms with Crippen LogP contribution in [0, 0.1) is 0 Å². The summed E-state index contributed by atoms with van der Waals surface area (Å²) >= 11 is 2.90. The maximum atomic E-state index is 13.2. The lowest BCUT2D eigenvalue weighted by Crippen LogP contribution is -2.30. The van der Waals surface area contributed by atoms with E-state index in [0.29, 0.717) is 16.4 Å². The van der Waals surface area contributed by atoms with Gasteiger partial charge >= 0.3 is 6.18 Å². The van der Waals surface area contributed by atoms with Crippen molar-refractivity contribution in [2.24, 2.45) is 0 Å². The zero-order valence-corrected chi connectivity index (χ0v) is 17.3. The summed E-state index contributed by atoms with van der Waals surface area (Å²) < 4.78 is 45.6. The third-order valence-electron chi connectivity index (χ3n) is 4.39. The number of carbonyl (C=O) groups excluding carboxylic acids is 1. The fourth-order valence-corrected chi connectivity index (χ4v) is 4.42. The number of anilines is 1. The van der Waals surface area contributed by atoms with Gasteiger partial charge in [-0.1, -0.05) is 17.4 Å². The van der Waals surface area contributed by atoms with Crippen LogP contribution in [0.15, 0.2) is 70.2 Å². The molecule has 0 radical (unpaired) electrons. The molecule has 4 rings (SSSR count). The van der Waals surface area contributed by atoms with Gasteiger partial charge in [-0.25, -0.2) is 4.98 Å². The fourth-order valence-electron chi connectivity index (χ4n) is 2.90. The molecule has 0 bridgehead atoms. The van der Waals surface area contributed by atoms with Gasteiger partial charge < -0.3 is 4.42 Å². The summed E-state index contributed by atoms with van der Waals surface area (Å²) in [7, 11) is 0. The minimum Gasteiger partial charge on any atom is -0.467 e. The van der Waals surface area contributed by atoms with Crippen LogP contribution in [-0.2, 0) is 12.7 Å². The van der Waals surface area contributed by atoms with Crippen LogP contribution >= 0.6 is 23.1 Å². The fraction of sp³-hybridized carbons (Fsp3) is 0.143. The molecule has 2 heterocycles. The van der Waals surface area contributed by atoms with E-state index in [4.69, 9.17) is 4.42 Å². The van der Waals surface area contributed by atoms with Crippen molar-refractivity contribution in [3.8, 4) is 0 Å². The van der Waals surface area contributed by atoms with E-state index in [9.17, 15) is 18.0 Å². The predicted molar refractivity (Wildman–Crippen MR) is 112 cm³/mol. The second-order valence-corrected chi connectivity index (χ2v) is 8.27. The molecule has 0 saturated carbocycles. The molecule has 154 valence electrons. The SMILES string of the molecule is CSc1ccc2nc(N(Cc3ccco3)C(=O)c3cccc(C(F)(F)F)c3)sc2c1. The van der Waals surface area contributed by atoms with Crippen LogP contribution in [0.5, 0.6) is 0 Å². The van der Waals surface area contributed by atoms with E-state index in [1.807, 2.05) is 24.5 Å². The van der Waals surface area contributed by atoms with Crippen molar-refractivity contribution >= 4 is 44.4 Å². The number of thiazole rings is 1. The zero-order valence-electron chi connectivity index (χ0n) is 15.6. The van der Waals surface area contributed by atoms with Crippen LogP contribution in [-0.4, -0.2) is 17.1 Å². The molecule has 0 aliphatic carbocycles. The topological polar surface area (TPSA) is 46.3 Å². The molecule has 0 N–H and O–H groups in total. The predicted octanol–water partition coefficient (Wildman–Crippen LogP) is 6.48. The van der Waals surface area contributed by atoms with Crippen LogP contribution in [0.1, 0.15) is 21.7 Å². The van der Waals surface area contributed by atoms with Gasteiger partial charge in [-0.3, -0.25) is 9.69 Å². The summed E-state index contributed by atoms with van der Waals surface area (Å²) in [6, 6.07) is 13.5. The molecule has 0 fully saturated rings. The molecule has 2 aromatic heterocycles. The highest BCUT2D eigenvalue weighted by Crippen LogP contribution is 2.34. The lowest BCUT2D eigenvalue weighted by molar-refractivity contribution is -0.137. The summed E-state index contributed by atoms with van der Waals surface area (Å²) in [5.41, 5.74) is -0.227. The standard InChI is InChI=1S/C21H15F3N2O2S2/c1-29-16-7-8-17-18(11-16)30-20(25-17)26(12-15-6-3-9-28-15)19(27)13-4-2-5-14(10-13)21(22,23)24/h2-11H,12H2,1H3. The number of nitrogens with zero attached hydrogens (tertiary/aromatic N) is 2. The maximum Gasteiger partial charge on any atom is 0.416 e. The number of fused-ring (bicyclic) bond motifs is 1. The van der Waals surface area contributed by atoms with Gasteiger partial charge in [0.2, 0.25) is 0 Å². The van der Waals surface area contributed by atoms with Crippen molar-refractivity contribution in [2.75, 3.05) is 11.2 Å². The van der Waals surface area contributed by atoms with Crippen molar-refractivity contribution in [1.82, 2.24) is 4.98 Å². The van der Waals surface area contributed by atoms with E-state index >= 15 is 0 Å². The van der Waals surface area contributed by atoms with Gasteiger partial charge in [-0.2, -0.15) is 13.2 Å².